The molecule has 0 fully saturated rings. The number of carbonyl (C=O) groups excluding carboxylic acids is 1. The minimum Gasteiger partial charge on any atom is -0.508 e. The van der Waals surface area contributed by atoms with E-state index in [1.807, 2.05) is 0 Å². The summed E-state index contributed by atoms with van der Waals surface area (Å²) < 4.78 is 5.46. The van der Waals surface area contributed by atoms with E-state index in [4.69, 9.17) is 4.74 Å². The van der Waals surface area contributed by atoms with Crippen LogP contribution in [0.4, 0.5) is 0 Å². The minimum absolute atomic E-state index is 0.0502. The average molecular weight is 298 g/mol. The van der Waals surface area contributed by atoms with Crippen LogP contribution in [-0.4, -0.2) is 27.7 Å². The first-order valence-electron chi connectivity index (χ1n) is 6.70. The molecule has 0 saturated carbocycles. The molecule has 0 atom stereocenters. The van der Waals surface area contributed by atoms with Crippen molar-refractivity contribution in [1.29, 1.82) is 0 Å². The van der Waals surface area contributed by atoms with Crippen molar-refractivity contribution < 1.29 is 24.9 Å². The maximum atomic E-state index is 12.5. The van der Waals surface area contributed by atoms with E-state index in [0.29, 0.717) is 5.57 Å². The second kappa shape index (κ2) is 5.11. The third-order valence-electron chi connectivity index (χ3n) is 3.63. The second-order valence-electron chi connectivity index (χ2n) is 5.12. The molecule has 0 spiro atoms. The highest BCUT2D eigenvalue weighted by Crippen LogP contribution is 2.41. The lowest BCUT2D eigenvalue weighted by molar-refractivity contribution is 0.0997. The Kier molecular flexibility index (Phi) is 3.25. The number of ether oxygens (including phenoxy) is 1. The highest BCUT2D eigenvalue weighted by atomic mass is 16.5. The zero-order valence-corrected chi connectivity index (χ0v) is 11.8. The topological polar surface area (TPSA) is 87.0 Å². The van der Waals surface area contributed by atoms with Crippen LogP contribution in [0.1, 0.15) is 21.5 Å². The Bertz CT molecular complexity index is 788. The molecule has 2 aromatic carbocycles. The number of Topliss-reactive ketones (excluding diaryl/α,β-unsaturated/α-hetero) is 1. The van der Waals surface area contributed by atoms with Crippen LogP contribution in [-0.2, 0) is 0 Å². The number of carbonyl (C=O) groups is 1. The largest absolute Gasteiger partial charge is 0.508 e. The van der Waals surface area contributed by atoms with Crippen LogP contribution in [0.2, 0.25) is 0 Å². The third kappa shape index (κ3) is 2.26. The van der Waals surface area contributed by atoms with E-state index >= 15 is 0 Å². The number of ketones is 1. The first-order valence-corrected chi connectivity index (χ1v) is 6.70. The Hall–Kier alpha value is -2.95. The van der Waals surface area contributed by atoms with Crippen molar-refractivity contribution in [2.24, 2.45) is 0 Å². The summed E-state index contributed by atoms with van der Waals surface area (Å²) in [4.78, 5) is 12.5. The molecule has 0 aliphatic carbocycles. The summed E-state index contributed by atoms with van der Waals surface area (Å²) in [5.74, 6) is -0.405. The lowest BCUT2D eigenvalue weighted by Gasteiger charge is -2.21. The first-order chi connectivity index (χ1) is 10.5. The van der Waals surface area contributed by atoms with Gasteiger partial charge in [-0.2, -0.15) is 0 Å². The molecule has 1 aliphatic rings. The van der Waals surface area contributed by atoms with E-state index in [9.17, 15) is 20.1 Å². The predicted molar refractivity (Wildman–Crippen MR) is 80.4 cm³/mol. The molecule has 1 aliphatic heterocycles. The summed E-state index contributed by atoms with van der Waals surface area (Å²) in [7, 11) is 0. The highest BCUT2D eigenvalue weighted by molar-refractivity contribution is 6.16. The van der Waals surface area contributed by atoms with Crippen LogP contribution in [0.25, 0.3) is 6.08 Å². The fourth-order valence-corrected chi connectivity index (χ4v) is 2.32. The van der Waals surface area contributed by atoms with Gasteiger partial charge < -0.3 is 20.1 Å². The molecule has 0 radical (unpaired) electrons. The summed E-state index contributed by atoms with van der Waals surface area (Å²) in [5.41, 5.74) is 1.43. The van der Waals surface area contributed by atoms with Crippen LogP contribution < -0.4 is 4.74 Å². The SMILES string of the molecule is Cc1c(O)cc2c(c1O)C(=O)C(=Cc1ccc(O)cc1)CO2. The maximum Gasteiger partial charge on any atom is 0.199 e. The minimum atomic E-state index is -0.338. The van der Waals surface area contributed by atoms with E-state index in [-0.39, 0.29) is 46.5 Å². The molecule has 2 aromatic rings. The number of fused-ring (bicyclic) bond motifs is 1. The molecule has 0 amide bonds. The average Bonchev–Trinajstić information content (AvgIpc) is 2.50. The van der Waals surface area contributed by atoms with Gasteiger partial charge in [0.2, 0.25) is 0 Å². The summed E-state index contributed by atoms with van der Waals surface area (Å²) in [6.45, 7) is 1.57. The number of phenols is 3. The Morgan fingerprint density at radius 2 is 1.82 bits per heavy atom. The number of aromatic hydroxyl groups is 3. The van der Waals surface area contributed by atoms with Gasteiger partial charge in [0, 0.05) is 17.2 Å². The van der Waals surface area contributed by atoms with Gasteiger partial charge in [0.05, 0.1) is 0 Å². The number of hydrogen-bond donors (Lipinski definition) is 3. The first kappa shape index (κ1) is 14.0. The van der Waals surface area contributed by atoms with Gasteiger partial charge in [-0.15, -0.1) is 0 Å². The van der Waals surface area contributed by atoms with Crippen molar-refractivity contribution in [1.82, 2.24) is 0 Å². The van der Waals surface area contributed by atoms with E-state index in [1.54, 1.807) is 18.2 Å². The van der Waals surface area contributed by atoms with Crippen molar-refractivity contribution >= 4 is 11.9 Å². The van der Waals surface area contributed by atoms with Crippen molar-refractivity contribution in [3.05, 3.63) is 52.6 Å². The third-order valence-corrected chi connectivity index (χ3v) is 3.63. The second-order valence-corrected chi connectivity index (χ2v) is 5.12. The predicted octanol–water partition coefficient (Wildman–Crippen LogP) is 2.77. The van der Waals surface area contributed by atoms with Gasteiger partial charge in [0.15, 0.2) is 5.78 Å². The molecule has 0 bridgehead atoms. The molecule has 5 heteroatoms. The molecular weight excluding hydrogens is 284 g/mol. The summed E-state index contributed by atoms with van der Waals surface area (Å²) in [6.07, 6.45) is 1.65. The zero-order valence-electron chi connectivity index (χ0n) is 11.8. The molecule has 22 heavy (non-hydrogen) atoms. The molecule has 0 aromatic heterocycles. The van der Waals surface area contributed by atoms with Crippen molar-refractivity contribution in [3.8, 4) is 23.0 Å². The fraction of sp³-hybridized carbons (Fsp3) is 0.118. The van der Waals surface area contributed by atoms with Crippen LogP contribution in [0.3, 0.4) is 0 Å². The maximum absolute atomic E-state index is 12.5. The number of hydrogen-bond acceptors (Lipinski definition) is 5. The molecule has 3 rings (SSSR count). The van der Waals surface area contributed by atoms with Gasteiger partial charge in [0.25, 0.3) is 0 Å². The van der Waals surface area contributed by atoms with Crippen LogP contribution in [0, 0.1) is 6.92 Å². The monoisotopic (exact) mass is 298 g/mol. The van der Waals surface area contributed by atoms with Crippen molar-refractivity contribution in [3.63, 3.8) is 0 Å². The number of rotatable bonds is 1. The zero-order chi connectivity index (χ0) is 15.9. The number of phenolic OH excluding ortho intramolecular Hbond substituents is 3. The Morgan fingerprint density at radius 1 is 1.14 bits per heavy atom. The van der Waals surface area contributed by atoms with E-state index in [2.05, 4.69) is 0 Å². The smallest absolute Gasteiger partial charge is 0.199 e. The molecule has 112 valence electrons. The fourth-order valence-electron chi connectivity index (χ4n) is 2.32. The summed E-state index contributed by atoms with van der Waals surface area (Å²) in [5, 5.41) is 29.0. The van der Waals surface area contributed by atoms with Gasteiger partial charge in [-0.3, -0.25) is 4.79 Å². The summed E-state index contributed by atoms with van der Waals surface area (Å²) >= 11 is 0. The molecule has 0 unspecified atom stereocenters. The lowest BCUT2D eigenvalue weighted by atomic mass is 9.95. The van der Waals surface area contributed by atoms with E-state index < -0.39 is 0 Å². The molecule has 3 N–H and O–H groups in total. The standard InChI is InChI=1S/C17H14O5/c1-9-13(19)7-14-15(16(9)20)17(21)11(8-22-14)6-10-2-4-12(18)5-3-10/h2-7,18-20H,8H2,1H3. The number of benzene rings is 2. The van der Waals surface area contributed by atoms with E-state index in [0.717, 1.165) is 5.56 Å². The molecule has 1 heterocycles. The van der Waals surface area contributed by atoms with Gasteiger partial charge in [-0.05, 0) is 30.7 Å². The Balaban J connectivity index is 2.04. The van der Waals surface area contributed by atoms with Crippen molar-refractivity contribution in [2.75, 3.05) is 6.61 Å². The van der Waals surface area contributed by atoms with Gasteiger partial charge in [-0.1, -0.05) is 12.1 Å². The van der Waals surface area contributed by atoms with Gasteiger partial charge >= 0.3 is 0 Å². The highest BCUT2D eigenvalue weighted by Gasteiger charge is 2.29. The normalized spacial score (nSPS) is 15.5. The van der Waals surface area contributed by atoms with E-state index in [1.165, 1.54) is 25.1 Å². The van der Waals surface area contributed by atoms with Crippen LogP contribution in [0.5, 0.6) is 23.0 Å². The quantitative estimate of drug-likeness (QED) is 0.705. The molecular formula is C17H14O5. The Morgan fingerprint density at radius 3 is 2.50 bits per heavy atom. The van der Waals surface area contributed by atoms with Crippen LogP contribution >= 0.6 is 0 Å². The van der Waals surface area contributed by atoms with Gasteiger partial charge in [0.1, 0.15) is 35.2 Å². The molecule has 5 nitrogen and oxygen atoms in total. The van der Waals surface area contributed by atoms with Crippen LogP contribution in [0.15, 0.2) is 35.9 Å². The lowest BCUT2D eigenvalue weighted by Crippen LogP contribution is -2.19. The summed E-state index contributed by atoms with van der Waals surface area (Å²) in [6, 6.07) is 7.72. The Labute approximate surface area is 126 Å². The van der Waals surface area contributed by atoms with Crippen molar-refractivity contribution in [2.45, 2.75) is 6.92 Å². The van der Waals surface area contributed by atoms with Gasteiger partial charge in [-0.25, -0.2) is 0 Å². The molecule has 0 saturated heterocycles.